The predicted octanol–water partition coefficient (Wildman–Crippen LogP) is 6.07. The van der Waals surface area contributed by atoms with Crippen molar-refractivity contribution in [1.29, 1.82) is 0 Å². The molecule has 1 fully saturated rings. The molecule has 0 bridgehead atoms. The Hall–Kier alpha value is -0.0400. The van der Waals surface area contributed by atoms with Gasteiger partial charge in [-0.1, -0.05) is 71.6 Å². The van der Waals surface area contributed by atoms with Crippen LogP contribution in [0, 0.1) is 5.92 Å². The number of rotatable bonds is 11. The van der Waals surface area contributed by atoms with E-state index in [0.717, 1.165) is 18.0 Å². The summed E-state index contributed by atoms with van der Waals surface area (Å²) in [5.74, 6) is 0.948. The number of hydrogen-bond donors (Lipinski definition) is 1. The maximum absolute atomic E-state index is 4.00. The lowest BCUT2D eigenvalue weighted by Gasteiger charge is -2.32. The van der Waals surface area contributed by atoms with Gasteiger partial charge in [-0.25, -0.2) is 0 Å². The normalized spacial score (nSPS) is 18.6. The molecule has 1 aliphatic carbocycles. The Kier molecular flexibility index (Phi) is 10.4. The second-order valence-corrected chi connectivity index (χ2v) is 7.04. The van der Waals surface area contributed by atoms with Gasteiger partial charge in [0.25, 0.3) is 0 Å². The summed E-state index contributed by atoms with van der Waals surface area (Å²) in [5.41, 5.74) is 0. The molecular weight excluding hydrogens is 242 g/mol. The van der Waals surface area contributed by atoms with E-state index in [1.165, 1.54) is 83.5 Å². The SMILES string of the molecule is CCCCCC(CCCCC)N[C@@H](C)C1CCCCC1. The van der Waals surface area contributed by atoms with E-state index in [0.29, 0.717) is 0 Å². The molecule has 1 nitrogen and oxygen atoms in total. The van der Waals surface area contributed by atoms with Gasteiger partial charge in [-0.2, -0.15) is 0 Å². The Bertz CT molecular complexity index is 198. The molecule has 0 unspecified atom stereocenters. The van der Waals surface area contributed by atoms with Gasteiger partial charge in [-0.3, -0.25) is 0 Å². The molecule has 1 heteroatoms. The predicted molar refractivity (Wildman–Crippen MR) is 91.2 cm³/mol. The summed E-state index contributed by atoms with van der Waals surface area (Å²) in [6.07, 6.45) is 18.5. The van der Waals surface area contributed by atoms with Crippen LogP contribution in [0.2, 0.25) is 0 Å². The zero-order valence-corrected chi connectivity index (χ0v) is 14.4. The van der Waals surface area contributed by atoms with E-state index in [1.54, 1.807) is 0 Å². The second kappa shape index (κ2) is 11.6. The molecule has 1 saturated carbocycles. The van der Waals surface area contributed by atoms with Crippen molar-refractivity contribution in [2.24, 2.45) is 5.92 Å². The average Bonchev–Trinajstić information content (AvgIpc) is 2.48. The molecule has 0 saturated heterocycles. The lowest BCUT2D eigenvalue weighted by Crippen LogP contribution is -2.41. The Morgan fingerprint density at radius 3 is 1.90 bits per heavy atom. The molecule has 0 aromatic carbocycles. The molecule has 1 N–H and O–H groups in total. The molecule has 0 aromatic rings. The van der Waals surface area contributed by atoms with Crippen molar-refractivity contribution in [3.8, 4) is 0 Å². The third kappa shape index (κ3) is 7.67. The van der Waals surface area contributed by atoms with Gasteiger partial charge < -0.3 is 5.32 Å². The minimum absolute atomic E-state index is 0.739. The third-order valence-corrected chi connectivity index (χ3v) is 5.17. The summed E-state index contributed by atoms with van der Waals surface area (Å²) in [6.45, 7) is 7.07. The molecule has 0 amide bonds. The van der Waals surface area contributed by atoms with Crippen molar-refractivity contribution in [3.63, 3.8) is 0 Å². The third-order valence-electron chi connectivity index (χ3n) is 5.17. The molecule has 1 rings (SSSR count). The minimum Gasteiger partial charge on any atom is -0.311 e. The van der Waals surface area contributed by atoms with Gasteiger partial charge in [0.05, 0.1) is 0 Å². The summed E-state index contributed by atoms with van der Waals surface area (Å²) >= 11 is 0. The summed E-state index contributed by atoms with van der Waals surface area (Å²) in [6, 6.07) is 1.52. The zero-order chi connectivity index (χ0) is 14.6. The molecular formula is C19H39N. The summed E-state index contributed by atoms with van der Waals surface area (Å²) in [5, 5.41) is 4.00. The van der Waals surface area contributed by atoms with Crippen LogP contribution in [0.4, 0.5) is 0 Å². The van der Waals surface area contributed by atoms with Crippen LogP contribution in [0.3, 0.4) is 0 Å². The number of hydrogen-bond acceptors (Lipinski definition) is 1. The molecule has 0 radical (unpaired) electrons. The van der Waals surface area contributed by atoms with Gasteiger partial charge in [0.1, 0.15) is 0 Å². The van der Waals surface area contributed by atoms with Gasteiger partial charge in [0.15, 0.2) is 0 Å². The van der Waals surface area contributed by atoms with Gasteiger partial charge in [0, 0.05) is 12.1 Å². The number of nitrogens with one attached hydrogen (secondary N) is 1. The molecule has 0 spiro atoms. The van der Waals surface area contributed by atoms with Crippen LogP contribution >= 0.6 is 0 Å². The molecule has 0 aliphatic heterocycles. The molecule has 1 aliphatic rings. The maximum atomic E-state index is 4.00. The highest BCUT2D eigenvalue weighted by Gasteiger charge is 2.22. The van der Waals surface area contributed by atoms with Crippen molar-refractivity contribution in [2.45, 2.75) is 116 Å². The Morgan fingerprint density at radius 2 is 1.40 bits per heavy atom. The summed E-state index contributed by atoms with van der Waals surface area (Å²) in [4.78, 5) is 0. The topological polar surface area (TPSA) is 12.0 Å². The lowest BCUT2D eigenvalue weighted by atomic mass is 9.84. The van der Waals surface area contributed by atoms with Crippen LogP contribution in [-0.2, 0) is 0 Å². The van der Waals surface area contributed by atoms with Crippen molar-refractivity contribution in [2.75, 3.05) is 0 Å². The van der Waals surface area contributed by atoms with Gasteiger partial charge in [0.2, 0.25) is 0 Å². The Morgan fingerprint density at radius 1 is 0.850 bits per heavy atom. The monoisotopic (exact) mass is 281 g/mol. The van der Waals surface area contributed by atoms with E-state index in [-0.39, 0.29) is 0 Å². The van der Waals surface area contributed by atoms with E-state index in [2.05, 4.69) is 26.1 Å². The second-order valence-electron chi connectivity index (χ2n) is 7.04. The quantitative estimate of drug-likeness (QED) is 0.453. The van der Waals surface area contributed by atoms with Crippen molar-refractivity contribution in [1.82, 2.24) is 5.32 Å². The Labute approximate surface area is 128 Å². The highest BCUT2D eigenvalue weighted by atomic mass is 14.9. The lowest BCUT2D eigenvalue weighted by molar-refractivity contribution is 0.252. The van der Waals surface area contributed by atoms with E-state index < -0.39 is 0 Å². The highest BCUT2D eigenvalue weighted by molar-refractivity contribution is 4.79. The first-order valence-corrected chi connectivity index (χ1v) is 9.54. The van der Waals surface area contributed by atoms with Crippen molar-refractivity contribution in [3.05, 3.63) is 0 Å². The van der Waals surface area contributed by atoms with Crippen molar-refractivity contribution < 1.29 is 0 Å². The molecule has 0 heterocycles. The fourth-order valence-corrected chi connectivity index (χ4v) is 3.73. The van der Waals surface area contributed by atoms with Crippen LogP contribution in [0.5, 0.6) is 0 Å². The van der Waals surface area contributed by atoms with E-state index >= 15 is 0 Å². The number of unbranched alkanes of at least 4 members (excludes halogenated alkanes) is 4. The molecule has 120 valence electrons. The van der Waals surface area contributed by atoms with Crippen molar-refractivity contribution >= 4 is 0 Å². The first kappa shape index (κ1) is 18.0. The van der Waals surface area contributed by atoms with Gasteiger partial charge in [-0.05, 0) is 38.5 Å². The first-order chi connectivity index (χ1) is 9.77. The van der Waals surface area contributed by atoms with E-state index in [9.17, 15) is 0 Å². The minimum atomic E-state index is 0.739. The fraction of sp³-hybridized carbons (Fsp3) is 1.00. The van der Waals surface area contributed by atoms with Gasteiger partial charge >= 0.3 is 0 Å². The van der Waals surface area contributed by atoms with Crippen LogP contribution < -0.4 is 5.32 Å². The van der Waals surface area contributed by atoms with E-state index in [4.69, 9.17) is 0 Å². The summed E-state index contributed by atoms with van der Waals surface area (Å²) < 4.78 is 0. The largest absolute Gasteiger partial charge is 0.311 e. The summed E-state index contributed by atoms with van der Waals surface area (Å²) in [7, 11) is 0. The molecule has 20 heavy (non-hydrogen) atoms. The van der Waals surface area contributed by atoms with E-state index in [1.807, 2.05) is 0 Å². The average molecular weight is 282 g/mol. The van der Waals surface area contributed by atoms with Crippen LogP contribution in [0.25, 0.3) is 0 Å². The smallest absolute Gasteiger partial charge is 0.00696 e. The molecule has 1 atom stereocenters. The molecule has 0 aromatic heterocycles. The highest BCUT2D eigenvalue weighted by Crippen LogP contribution is 2.27. The Balaban J connectivity index is 2.31. The maximum Gasteiger partial charge on any atom is 0.00696 e. The van der Waals surface area contributed by atoms with Gasteiger partial charge in [-0.15, -0.1) is 0 Å². The fourth-order valence-electron chi connectivity index (χ4n) is 3.73. The standard InChI is InChI=1S/C19H39N/c1-4-6-9-15-19(16-10-7-5-2)20-17(3)18-13-11-8-12-14-18/h17-20H,4-16H2,1-3H3/t17-/m0/s1. The van der Waals surface area contributed by atoms with Crippen LogP contribution in [0.1, 0.15) is 104 Å². The zero-order valence-electron chi connectivity index (χ0n) is 14.4. The first-order valence-electron chi connectivity index (χ1n) is 9.54. The van der Waals surface area contributed by atoms with Crippen LogP contribution in [-0.4, -0.2) is 12.1 Å². The van der Waals surface area contributed by atoms with Crippen LogP contribution in [0.15, 0.2) is 0 Å².